The van der Waals surface area contributed by atoms with Crippen molar-refractivity contribution < 1.29 is 23.5 Å². The zero-order valence-corrected chi connectivity index (χ0v) is 14.6. The van der Waals surface area contributed by atoms with Gasteiger partial charge in [-0.05, 0) is 30.2 Å². The van der Waals surface area contributed by atoms with Gasteiger partial charge in [-0.15, -0.1) is 0 Å². The van der Waals surface area contributed by atoms with Crippen LogP contribution in [0.3, 0.4) is 0 Å². The maximum atomic E-state index is 11.3. The number of carbonyl (C=O) groups excluding carboxylic acids is 2. The van der Waals surface area contributed by atoms with Crippen LogP contribution in [0.2, 0.25) is 0 Å². The topological polar surface area (TPSA) is 65.7 Å². The number of aryl methyl sites for hydroxylation is 1. The molecule has 3 rings (SSSR count). The molecule has 134 valence electrons. The highest BCUT2D eigenvalue weighted by Gasteiger charge is 2.14. The first-order valence-corrected chi connectivity index (χ1v) is 8.45. The number of rotatable bonds is 8. The van der Waals surface area contributed by atoms with Gasteiger partial charge in [0.15, 0.2) is 6.29 Å². The van der Waals surface area contributed by atoms with Gasteiger partial charge in [0.1, 0.15) is 23.7 Å². The van der Waals surface area contributed by atoms with E-state index in [2.05, 4.69) is 4.74 Å². The first-order valence-electron chi connectivity index (χ1n) is 8.45. The van der Waals surface area contributed by atoms with Crippen LogP contribution in [0.4, 0.5) is 0 Å². The number of benzene rings is 2. The summed E-state index contributed by atoms with van der Waals surface area (Å²) in [5, 5.41) is 0.763. The molecule has 0 saturated heterocycles. The van der Waals surface area contributed by atoms with Crippen LogP contribution in [0, 0.1) is 0 Å². The second-order valence-corrected chi connectivity index (χ2v) is 5.93. The molecule has 1 heterocycles. The molecule has 0 spiro atoms. The molecule has 5 nitrogen and oxygen atoms in total. The van der Waals surface area contributed by atoms with Crippen LogP contribution in [0.1, 0.15) is 34.5 Å². The zero-order valence-electron chi connectivity index (χ0n) is 14.6. The maximum absolute atomic E-state index is 11.3. The van der Waals surface area contributed by atoms with E-state index in [1.165, 1.54) is 7.11 Å². The molecule has 3 aromatic rings. The number of fused-ring (bicyclic) bond motifs is 1. The van der Waals surface area contributed by atoms with Crippen LogP contribution in [-0.2, 0) is 22.6 Å². The number of hydrogen-bond acceptors (Lipinski definition) is 5. The zero-order chi connectivity index (χ0) is 18.4. The fraction of sp³-hybridized carbons (Fsp3) is 0.238. The molecule has 0 unspecified atom stereocenters. The molecule has 0 atom stereocenters. The first kappa shape index (κ1) is 17.7. The largest absolute Gasteiger partial charge is 0.488 e. The molecule has 0 N–H and O–H groups in total. The van der Waals surface area contributed by atoms with E-state index < -0.39 is 0 Å². The van der Waals surface area contributed by atoms with Crippen molar-refractivity contribution in [3.63, 3.8) is 0 Å². The lowest BCUT2D eigenvalue weighted by atomic mass is 10.1. The molecule has 0 aliphatic heterocycles. The Morgan fingerprint density at radius 3 is 2.69 bits per heavy atom. The summed E-state index contributed by atoms with van der Waals surface area (Å²) in [6.07, 6.45) is 2.29. The SMILES string of the molecule is COC(=O)CCCc1cc2c(OCc3ccccc3)ccc(C=O)c2o1. The van der Waals surface area contributed by atoms with Crippen molar-refractivity contribution >= 4 is 23.2 Å². The standard InChI is InChI=1S/C21H20O5/c1-24-20(23)9-5-8-17-12-18-19(11-10-16(13-22)21(18)26-17)25-14-15-6-3-2-4-7-15/h2-4,6-7,10-13H,5,8-9,14H2,1H3. The molecule has 5 heteroatoms. The average Bonchev–Trinajstić information content (AvgIpc) is 3.11. The summed E-state index contributed by atoms with van der Waals surface area (Å²) >= 11 is 0. The Morgan fingerprint density at radius 1 is 1.15 bits per heavy atom. The normalized spacial score (nSPS) is 10.7. The van der Waals surface area contributed by atoms with E-state index in [1.807, 2.05) is 36.4 Å². The fourth-order valence-electron chi connectivity index (χ4n) is 2.76. The molecule has 0 fully saturated rings. The number of hydrogen-bond donors (Lipinski definition) is 0. The Morgan fingerprint density at radius 2 is 1.96 bits per heavy atom. The summed E-state index contributed by atoms with van der Waals surface area (Å²) in [5.41, 5.74) is 2.05. The second-order valence-electron chi connectivity index (χ2n) is 5.93. The summed E-state index contributed by atoms with van der Waals surface area (Å²) in [5.74, 6) is 1.13. The van der Waals surface area contributed by atoms with Gasteiger partial charge in [-0.1, -0.05) is 30.3 Å². The molecular weight excluding hydrogens is 332 g/mol. The van der Waals surface area contributed by atoms with Crippen molar-refractivity contribution in [2.24, 2.45) is 0 Å². The van der Waals surface area contributed by atoms with Crippen molar-refractivity contribution in [3.05, 3.63) is 65.4 Å². The molecule has 26 heavy (non-hydrogen) atoms. The number of carbonyl (C=O) groups is 2. The van der Waals surface area contributed by atoms with Gasteiger partial charge in [0.05, 0.1) is 18.1 Å². The lowest BCUT2D eigenvalue weighted by molar-refractivity contribution is -0.140. The molecule has 0 saturated carbocycles. The first-order chi connectivity index (χ1) is 12.7. The monoisotopic (exact) mass is 352 g/mol. The highest BCUT2D eigenvalue weighted by atomic mass is 16.5. The number of furan rings is 1. The van der Waals surface area contributed by atoms with Gasteiger partial charge in [-0.3, -0.25) is 9.59 Å². The lowest BCUT2D eigenvalue weighted by Gasteiger charge is -2.07. The van der Waals surface area contributed by atoms with Crippen molar-refractivity contribution in [3.8, 4) is 5.75 Å². The minimum absolute atomic E-state index is 0.249. The van der Waals surface area contributed by atoms with E-state index in [-0.39, 0.29) is 5.97 Å². The highest BCUT2D eigenvalue weighted by molar-refractivity contribution is 5.98. The molecule has 0 radical (unpaired) electrons. The van der Waals surface area contributed by atoms with Crippen LogP contribution in [0.15, 0.2) is 52.9 Å². The summed E-state index contributed by atoms with van der Waals surface area (Å²) in [6.45, 7) is 0.430. The van der Waals surface area contributed by atoms with Gasteiger partial charge >= 0.3 is 5.97 Å². The predicted molar refractivity (Wildman–Crippen MR) is 97.3 cm³/mol. The average molecular weight is 352 g/mol. The quantitative estimate of drug-likeness (QED) is 0.446. The van der Waals surface area contributed by atoms with Crippen molar-refractivity contribution in [2.75, 3.05) is 7.11 Å². The number of ether oxygens (including phenoxy) is 2. The van der Waals surface area contributed by atoms with Crippen molar-refractivity contribution in [1.29, 1.82) is 0 Å². The van der Waals surface area contributed by atoms with E-state index in [0.717, 1.165) is 17.2 Å². The summed E-state index contributed by atoms with van der Waals surface area (Å²) in [7, 11) is 1.37. The predicted octanol–water partition coefficient (Wildman–Crippen LogP) is 4.32. The van der Waals surface area contributed by atoms with Crippen LogP contribution < -0.4 is 4.74 Å². The third-order valence-corrected chi connectivity index (χ3v) is 4.12. The molecular formula is C21H20O5. The third kappa shape index (κ3) is 4.11. The third-order valence-electron chi connectivity index (χ3n) is 4.12. The Bertz CT molecular complexity index is 895. The minimum atomic E-state index is -0.249. The van der Waals surface area contributed by atoms with E-state index in [9.17, 15) is 9.59 Å². The summed E-state index contributed by atoms with van der Waals surface area (Å²) < 4.78 is 16.4. The highest BCUT2D eigenvalue weighted by Crippen LogP contribution is 2.32. The van der Waals surface area contributed by atoms with Crippen LogP contribution >= 0.6 is 0 Å². The minimum Gasteiger partial charge on any atom is -0.488 e. The number of aldehydes is 1. The smallest absolute Gasteiger partial charge is 0.305 e. The van der Waals surface area contributed by atoms with Gasteiger partial charge < -0.3 is 13.9 Å². The number of esters is 1. The van der Waals surface area contributed by atoms with Gasteiger partial charge in [-0.2, -0.15) is 0 Å². The molecule has 0 aliphatic rings. The van der Waals surface area contributed by atoms with Crippen molar-refractivity contribution in [1.82, 2.24) is 0 Å². The Hall–Kier alpha value is -3.08. The van der Waals surface area contributed by atoms with Crippen LogP contribution in [-0.4, -0.2) is 19.4 Å². The van der Waals surface area contributed by atoms with Gasteiger partial charge in [0.2, 0.25) is 0 Å². The molecule has 0 amide bonds. The van der Waals surface area contributed by atoms with E-state index in [4.69, 9.17) is 9.15 Å². The van der Waals surface area contributed by atoms with Gasteiger partial charge in [-0.25, -0.2) is 0 Å². The van der Waals surface area contributed by atoms with Gasteiger partial charge in [0, 0.05) is 12.8 Å². The maximum Gasteiger partial charge on any atom is 0.305 e. The molecule has 0 aliphatic carbocycles. The van der Waals surface area contributed by atoms with Crippen LogP contribution in [0.5, 0.6) is 5.75 Å². The number of methoxy groups -OCH3 is 1. The van der Waals surface area contributed by atoms with Crippen LogP contribution in [0.25, 0.3) is 11.0 Å². The van der Waals surface area contributed by atoms with Crippen molar-refractivity contribution in [2.45, 2.75) is 25.9 Å². The van der Waals surface area contributed by atoms with E-state index in [0.29, 0.717) is 48.5 Å². The molecule has 0 bridgehead atoms. The molecule has 1 aromatic heterocycles. The van der Waals surface area contributed by atoms with E-state index >= 15 is 0 Å². The summed E-state index contributed by atoms with van der Waals surface area (Å²) in [4.78, 5) is 22.5. The van der Waals surface area contributed by atoms with Gasteiger partial charge in [0.25, 0.3) is 0 Å². The Labute approximate surface area is 151 Å². The molecule has 2 aromatic carbocycles. The Kier molecular flexibility index (Phi) is 5.69. The Balaban J connectivity index is 1.80. The van der Waals surface area contributed by atoms with E-state index in [1.54, 1.807) is 12.1 Å². The summed E-state index contributed by atoms with van der Waals surface area (Å²) in [6, 6.07) is 15.2. The second kappa shape index (κ2) is 8.34. The fourth-order valence-corrected chi connectivity index (χ4v) is 2.76. The lowest BCUT2D eigenvalue weighted by Crippen LogP contribution is -2.00.